The normalized spacial score (nSPS) is 21.7. The maximum Gasteiger partial charge on any atom is 0.275 e. The van der Waals surface area contributed by atoms with Crippen LogP contribution in [0.3, 0.4) is 0 Å². The number of fused-ring (bicyclic) bond motifs is 5. The average molecular weight is 390 g/mol. The summed E-state index contributed by atoms with van der Waals surface area (Å²) in [5.41, 5.74) is 2.13. The van der Waals surface area contributed by atoms with Gasteiger partial charge in [0.2, 0.25) is 5.91 Å². The van der Waals surface area contributed by atoms with E-state index in [4.69, 9.17) is 0 Å². The lowest BCUT2D eigenvalue weighted by Crippen LogP contribution is -2.65. The molecule has 1 atom stereocenters. The molecule has 2 amide bonds. The summed E-state index contributed by atoms with van der Waals surface area (Å²) in [5.74, 6) is -0.826. The molecule has 1 fully saturated rings. The Kier molecular flexibility index (Phi) is 3.81. The van der Waals surface area contributed by atoms with Crippen molar-refractivity contribution >= 4 is 28.9 Å². The van der Waals surface area contributed by atoms with Gasteiger partial charge in [-0.05, 0) is 42.7 Å². The van der Waals surface area contributed by atoms with E-state index in [1.165, 1.54) is 23.4 Å². The third-order valence-electron chi connectivity index (χ3n) is 5.86. The second-order valence-corrected chi connectivity index (χ2v) is 7.55. The van der Waals surface area contributed by atoms with Crippen molar-refractivity contribution in [2.75, 3.05) is 13.1 Å². The van der Waals surface area contributed by atoms with Gasteiger partial charge >= 0.3 is 0 Å². The van der Waals surface area contributed by atoms with Crippen molar-refractivity contribution in [2.24, 2.45) is 5.10 Å². The summed E-state index contributed by atoms with van der Waals surface area (Å²) < 4.78 is 13.4. The molecule has 3 aromatic rings. The Morgan fingerprint density at radius 1 is 1.17 bits per heavy atom. The van der Waals surface area contributed by atoms with E-state index in [9.17, 15) is 14.0 Å². The topological polar surface area (TPSA) is 68.8 Å². The molecule has 1 aromatic heterocycles. The first kappa shape index (κ1) is 17.6. The van der Waals surface area contributed by atoms with Crippen molar-refractivity contribution in [1.29, 1.82) is 0 Å². The lowest BCUT2D eigenvalue weighted by atomic mass is 9.83. The summed E-state index contributed by atoms with van der Waals surface area (Å²) in [4.78, 5) is 31.3. The molecule has 2 aliphatic heterocycles. The minimum Gasteiger partial charge on any atom is -0.356 e. The number of hydrogen-bond acceptors (Lipinski definition) is 3. The van der Waals surface area contributed by atoms with Gasteiger partial charge in [0.1, 0.15) is 12.4 Å². The van der Waals surface area contributed by atoms with E-state index in [1.54, 1.807) is 24.0 Å². The van der Waals surface area contributed by atoms with E-state index in [1.807, 2.05) is 24.3 Å². The second kappa shape index (κ2) is 6.27. The Balaban J connectivity index is 1.57. The van der Waals surface area contributed by atoms with Gasteiger partial charge in [0, 0.05) is 17.4 Å². The monoisotopic (exact) mass is 390 g/mol. The van der Waals surface area contributed by atoms with Crippen molar-refractivity contribution in [3.8, 4) is 0 Å². The number of H-pyrrole nitrogens is 1. The average Bonchev–Trinajstić information content (AvgIpc) is 3.10. The summed E-state index contributed by atoms with van der Waals surface area (Å²) in [7, 11) is 0. The summed E-state index contributed by atoms with van der Waals surface area (Å²) in [6, 6.07) is 13.8. The van der Waals surface area contributed by atoms with Crippen LogP contribution in [0.25, 0.3) is 10.9 Å². The molecule has 6 nitrogen and oxygen atoms in total. The van der Waals surface area contributed by atoms with Gasteiger partial charge < -0.3 is 9.88 Å². The highest BCUT2D eigenvalue weighted by Crippen LogP contribution is 2.41. The number of aromatic amines is 1. The third-order valence-corrected chi connectivity index (χ3v) is 5.86. The van der Waals surface area contributed by atoms with Gasteiger partial charge in [0.25, 0.3) is 5.91 Å². The van der Waals surface area contributed by atoms with Crippen LogP contribution in [-0.2, 0) is 21.5 Å². The van der Waals surface area contributed by atoms with Crippen LogP contribution in [-0.4, -0.2) is 46.0 Å². The number of hydrogen-bond donors (Lipinski definition) is 1. The van der Waals surface area contributed by atoms with Crippen molar-refractivity contribution in [3.05, 3.63) is 71.2 Å². The Morgan fingerprint density at radius 3 is 2.83 bits per heavy atom. The Labute approximate surface area is 166 Å². The molecule has 0 unspecified atom stereocenters. The molecule has 5 rings (SSSR count). The fraction of sp³-hybridized carbons (Fsp3) is 0.227. The van der Waals surface area contributed by atoms with E-state index in [2.05, 4.69) is 10.1 Å². The highest BCUT2D eigenvalue weighted by Gasteiger charge is 2.54. The van der Waals surface area contributed by atoms with E-state index >= 15 is 0 Å². The molecule has 1 saturated heterocycles. The van der Waals surface area contributed by atoms with Gasteiger partial charge in [-0.2, -0.15) is 5.10 Å². The van der Waals surface area contributed by atoms with E-state index in [0.29, 0.717) is 18.5 Å². The Morgan fingerprint density at radius 2 is 2.00 bits per heavy atom. The summed E-state index contributed by atoms with van der Waals surface area (Å²) >= 11 is 0. The highest BCUT2D eigenvalue weighted by atomic mass is 19.1. The molecule has 0 spiro atoms. The first-order valence-electron chi connectivity index (χ1n) is 9.50. The standard InChI is InChI=1S/C22H19FN4O2/c1-22-20-17(16-7-2-3-8-18(16)25-20)9-10-26(22)19(28)13-27(21(22)29)24-12-14-5-4-6-15(23)11-14/h2-8,11-12,25H,9-10,13H2,1H3/b24-12-/t22-/m0/s1. The molecule has 29 heavy (non-hydrogen) atoms. The largest absolute Gasteiger partial charge is 0.356 e. The lowest BCUT2D eigenvalue weighted by Gasteiger charge is -2.48. The molecule has 2 aliphatic rings. The highest BCUT2D eigenvalue weighted by molar-refractivity contribution is 6.01. The van der Waals surface area contributed by atoms with Crippen molar-refractivity contribution in [2.45, 2.75) is 18.9 Å². The summed E-state index contributed by atoms with van der Waals surface area (Å²) in [6.45, 7) is 2.12. The first-order valence-corrected chi connectivity index (χ1v) is 9.50. The van der Waals surface area contributed by atoms with E-state index in [-0.39, 0.29) is 24.2 Å². The maximum atomic E-state index is 13.5. The van der Waals surface area contributed by atoms with Crippen LogP contribution in [0.4, 0.5) is 4.39 Å². The summed E-state index contributed by atoms with van der Waals surface area (Å²) in [6.07, 6.45) is 2.10. The van der Waals surface area contributed by atoms with Crippen LogP contribution >= 0.6 is 0 Å². The predicted molar refractivity (Wildman–Crippen MR) is 107 cm³/mol. The third kappa shape index (κ3) is 2.57. The number of nitrogens with zero attached hydrogens (tertiary/aromatic N) is 3. The molecule has 0 radical (unpaired) electrons. The lowest BCUT2D eigenvalue weighted by molar-refractivity contribution is -0.165. The first-order chi connectivity index (χ1) is 14.0. The van der Waals surface area contributed by atoms with Crippen LogP contribution in [0, 0.1) is 5.82 Å². The van der Waals surface area contributed by atoms with Gasteiger partial charge in [0.05, 0.1) is 11.9 Å². The number of nitrogens with one attached hydrogen (secondary N) is 1. The van der Waals surface area contributed by atoms with Crippen LogP contribution in [0.1, 0.15) is 23.7 Å². The van der Waals surface area contributed by atoms with Crippen molar-refractivity contribution in [1.82, 2.24) is 14.9 Å². The van der Waals surface area contributed by atoms with Gasteiger partial charge in [-0.15, -0.1) is 0 Å². The zero-order valence-electron chi connectivity index (χ0n) is 15.9. The number of hydrazone groups is 1. The van der Waals surface area contributed by atoms with Crippen LogP contribution in [0.15, 0.2) is 53.6 Å². The van der Waals surface area contributed by atoms with Gasteiger partial charge in [-0.3, -0.25) is 9.59 Å². The van der Waals surface area contributed by atoms with Crippen molar-refractivity contribution in [3.63, 3.8) is 0 Å². The minimum atomic E-state index is -1.15. The van der Waals surface area contributed by atoms with Crippen LogP contribution in [0.2, 0.25) is 0 Å². The van der Waals surface area contributed by atoms with E-state index in [0.717, 1.165) is 22.2 Å². The molecule has 1 N–H and O–H groups in total. The van der Waals surface area contributed by atoms with Gasteiger partial charge in [-0.1, -0.05) is 30.3 Å². The number of rotatable bonds is 2. The SMILES string of the molecule is C[C@]12C(=O)N(/N=C\c3cccc(F)c3)CC(=O)N1CCc1c2[nH]c2ccccc12. The molecule has 0 bridgehead atoms. The number of amides is 2. The van der Waals surface area contributed by atoms with Gasteiger partial charge in [0.15, 0.2) is 5.54 Å². The number of para-hydroxylation sites is 1. The molecule has 0 aliphatic carbocycles. The zero-order chi connectivity index (χ0) is 20.2. The number of carbonyl (C=O) groups is 2. The van der Waals surface area contributed by atoms with E-state index < -0.39 is 5.54 Å². The number of halogens is 1. The van der Waals surface area contributed by atoms with Gasteiger partial charge in [-0.25, -0.2) is 9.40 Å². The molecule has 3 heterocycles. The Bertz CT molecular complexity index is 1180. The molecule has 2 aromatic carbocycles. The smallest absolute Gasteiger partial charge is 0.275 e. The molecular weight excluding hydrogens is 371 g/mol. The summed E-state index contributed by atoms with van der Waals surface area (Å²) in [5, 5.41) is 6.48. The van der Waals surface area contributed by atoms with Crippen LogP contribution < -0.4 is 0 Å². The molecular formula is C22H19FN4O2. The zero-order valence-corrected chi connectivity index (χ0v) is 15.9. The van der Waals surface area contributed by atoms with Crippen LogP contribution in [0.5, 0.6) is 0 Å². The fourth-order valence-electron chi connectivity index (χ4n) is 4.41. The number of carbonyl (C=O) groups excluding carboxylic acids is 2. The number of benzene rings is 2. The quantitative estimate of drug-likeness (QED) is 0.684. The van der Waals surface area contributed by atoms with Crippen molar-refractivity contribution < 1.29 is 14.0 Å². The molecule has 146 valence electrons. The molecule has 7 heteroatoms. The number of piperazine rings is 1. The minimum absolute atomic E-state index is 0.129. The maximum absolute atomic E-state index is 13.5. The second-order valence-electron chi connectivity index (χ2n) is 7.55. The Hall–Kier alpha value is -3.48. The fourth-order valence-corrected chi connectivity index (χ4v) is 4.41. The predicted octanol–water partition coefficient (Wildman–Crippen LogP) is 2.78. The number of aromatic nitrogens is 1. The molecule has 0 saturated carbocycles.